The van der Waals surface area contributed by atoms with Crippen molar-refractivity contribution >= 4 is 16.9 Å². The molecular formula is C28H29N5O3. The summed E-state index contributed by atoms with van der Waals surface area (Å²) in [6.45, 7) is 1.49. The zero-order valence-corrected chi connectivity index (χ0v) is 20.2. The van der Waals surface area contributed by atoms with E-state index in [4.69, 9.17) is 10.7 Å². The zero-order chi connectivity index (χ0) is 25.2. The summed E-state index contributed by atoms with van der Waals surface area (Å²) in [7, 11) is 1.49. The molecule has 0 aliphatic carbocycles. The number of likely N-dealkylation sites (tertiary alicyclic amines) is 1. The summed E-state index contributed by atoms with van der Waals surface area (Å²) in [5, 5.41) is 0.415. The normalized spacial score (nSPS) is 15.2. The number of carbonyl (C=O) groups is 1. The van der Waals surface area contributed by atoms with Crippen molar-refractivity contribution in [3.63, 3.8) is 0 Å². The third-order valence-corrected chi connectivity index (χ3v) is 7.04. The standard InChI is InChI=1S/C28H29N5O3/c1-31-26(34)22-12-13-23(30-25(22)33(28(31)36)18-19-8-4-2-5-9-19)20-14-16-32(17-15-20)27(35)24(29)21-10-6-3-7-11-21/h2-13,20,24H,14-18,29H2,1H3/t24-/m0/s1. The molecule has 4 aromatic rings. The van der Waals surface area contributed by atoms with Crippen LogP contribution in [0, 0.1) is 0 Å². The minimum absolute atomic E-state index is 0.0775. The van der Waals surface area contributed by atoms with Crippen molar-refractivity contribution < 1.29 is 4.79 Å². The molecule has 0 unspecified atom stereocenters. The maximum Gasteiger partial charge on any atom is 0.332 e. The Bertz CT molecular complexity index is 1500. The third-order valence-electron chi connectivity index (χ3n) is 7.04. The first-order chi connectivity index (χ1) is 17.4. The number of benzene rings is 2. The van der Waals surface area contributed by atoms with Crippen LogP contribution in [0.15, 0.2) is 82.4 Å². The topological polar surface area (TPSA) is 103 Å². The van der Waals surface area contributed by atoms with Crippen molar-refractivity contribution in [1.29, 1.82) is 0 Å². The molecular weight excluding hydrogens is 454 g/mol. The van der Waals surface area contributed by atoms with E-state index in [1.807, 2.05) is 71.6 Å². The van der Waals surface area contributed by atoms with Crippen LogP contribution in [0.2, 0.25) is 0 Å². The van der Waals surface area contributed by atoms with Gasteiger partial charge in [0, 0.05) is 31.7 Å². The minimum atomic E-state index is -0.676. The Kier molecular flexibility index (Phi) is 6.52. The summed E-state index contributed by atoms with van der Waals surface area (Å²) in [6, 6.07) is 22.0. The van der Waals surface area contributed by atoms with Crippen LogP contribution in [0.1, 0.15) is 41.6 Å². The molecule has 1 saturated heterocycles. The van der Waals surface area contributed by atoms with E-state index in [2.05, 4.69) is 0 Å². The van der Waals surface area contributed by atoms with Crippen molar-refractivity contribution in [2.45, 2.75) is 31.3 Å². The second kappa shape index (κ2) is 9.91. The van der Waals surface area contributed by atoms with Crippen LogP contribution in [-0.4, -0.2) is 38.0 Å². The Morgan fingerprint density at radius 3 is 2.28 bits per heavy atom. The Morgan fingerprint density at radius 1 is 0.972 bits per heavy atom. The molecule has 0 radical (unpaired) electrons. The van der Waals surface area contributed by atoms with Gasteiger partial charge in [-0.25, -0.2) is 9.78 Å². The second-order valence-corrected chi connectivity index (χ2v) is 9.31. The Balaban J connectivity index is 1.40. The lowest BCUT2D eigenvalue weighted by atomic mass is 9.92. The lowest BCUT2D eigenvalue weighted by molar-refractivity contribution is -0.133. The predicted octanol–water partition coefficient (Wildman–Crippen LogP) is 2.55. The Hall–Kier alpha value is -4.04. The van der Waals surface area contributed by atoms with Gasteiger partial charge in [-0.2, -0.15) is 0 Å². The van der Waals surface area contributed by atoms with Crippen molar-refractivity contribution in [3.05, 3.63) is 110 Å². The van der Waals surface area contributed by atoms with Gasteiger partial charge in [-0.15, -0.1) is 0 Å². The van der Waals surface area contributed by atoms with Crippen LogP contribution in [0.4, 0.5) is 0 Å². The van der Waals surface area contributed by atoms with Crippen LogP contribution in [0.5, 0.6) is 0 Å². The maximum absolute atomic E-state index is 13.0. The number of aromatic nitrogens is 3. The van der Waals surface area contributed by atoms with E-state index in [-0.39, 0.29) is 17.4 Å². The first-order valence-corrected chi connectivity index (χ1v) is 12.2. The monoisotopic (exact) mass is 483 g/mol. The number of nitrogens with zero attached hydrogens (tertiary/aromatic N) is 4. The molecule has 2 N–H and O–H groups in total. The number of rotatable bonds is 5. The molecule has 5 rings (SSSR count). The fourth-order valence-corrected chi connectivity index (χ4v) is 4.91. The minimum Gasteiger partial charge on any atom is -0.341 e. The van der Waals surface area contributed by atoms with Crippen molar-refractivity contribution in [1.82, 2.24) is 19.0 Å². The molecule has 1 fully saturated rings. The molecule has 8 heteroatoms. The highest BCUT2D eigenvalue weighted by Crippen LogP contribution is 2.29. The number of fused-ring (bicyclic) bond motifs is 1. The summed E-state index contributed by atoms with van der Waals surface area (Å²) < 4.78 is 2.69. The summed E-state index contributed by atoms with van der Waals surface area (Å²) >= 11 is 0. The van der Waals surface area contributed by atoms with Gasteiger partial charge in [-0.1, -0.05) is 60.7 Å². The number of hydrogen-bond acceptors (Lipinski definition) is 5. The smallest absolute Gasteiger partial charge is 0.332 e. The van der Waals surface area contributed by atoms with Crippen molar-refractivity contribution in [3.8, 4) is 0 Å². The average Bonchev–Trinajstić information content (AvgIpc) is 2.94. The van der Waals surface area contributed by atoms with Crippen molar-refractivity contribution in [2.75, 3.05) is 13.1 Å². The highest BCUT2D eigenvalue weighted by atomic mass is 16.2. The highest BCUT2D eigenvalue weighted by Gasteiger charge is 2.28. The average molecular weight is 484 g/mol. The van der Waals surface area contributed by atoms with E-state index in [9.17, 15) is 14.4 Å². The van der Waals surface area contributed by atoms with Gasteiger partial charge in [0.15, 0.2) is 0 Å². The number of hydrogen-bond donors (Lipinski definition) is 1. The molecule has 1 aliphatic rings. The van der Waals surface area contributed by atoms with Gasteiger partial charge in [-0.3, -0.25) is 18.7 Å². The van der Waals surface area contributed by atoms with Gasteiger partial charge < -0.3 is 10.6 Å². The SMILES string of the molecule is Cn1c(=O)c2ccc(C3CCN(C(=O)[C@@H](N)c4ccccc4)CC3)nc2n(Cc2ccccc2)c1=O. The molecule has 1 atom stereocenters. The number of carbonyl (C=O) groups excluding carboxylic acids is 1. The van der Waals surface area contributed by atoms with E-state index in [0.29, 0.717) is 30.7 Å². The Morgan fingerprint density at radius 2 is 1.61 bits per heavy atom. The lowest BCUT2D eigenvalue weighted by Crippen LogP contribution is -2.43. The number of nitrogens with two attached hydrogens (primary N) is 1. The van der Waals surface area contributed by atoms with E-state index in [1.165, 1.54) is 7.05 Å². The molecule has 0 spiro atoms. The van der Waals surface area contributed by atoms with Crippen LogP contribution in [0.3, 0.4) is 0 Å². The summed E-state index contributed by atoms with van der Waals surface area (Å²) in [6.07, 6.45) is 1.47. The molecule has 2 aromatic heterocycles. The quantitative estimate of drug-likeness (QED) is 0.470. The van der Waals surface area contributed by atoms with E-state index < -0.39 is 11.7 Å². The molecule has 3 heterocycles. The molecule has 36 heavy (non-hydrogen) atoms. The molecule has 1 aliphatic heterocycles. The van der Waals surface area contributed by atoms with Gasteiger partial charge >= 0.3 is 5.69 Å². The van der Waals surface area contributed by atoms with Gasteiger partial charge in [-0.05, 0) is 36.1 Å². The first-order valence-electron chi connectivity index (χ1n) is 12.2. The summed E-state index contributed by atoms with van der Waals surface area (Å²) in [5.74, 6) is 0.0436. The van der Waals surface area contributed by atoms with Gasteiger partial charge in [0.05, 0.1) is 11.9 Å². The summed E-state index contributed by atoms with van der Waals surface area (Å²) in [4.78, 5) is 45.4. The fourth-order valence-electron chi connectivity index (χ4n) is 4.91. The maximum atomic E-state index is 13.0. The van der Waals surface area contributed by atoms with Crippen molar-refractivity contribution in [2.24, 2.45) is 12.8 Å². The first kappa shape index (κ1) is 23.7. The highest BCUT2D eigenvalue weighted by molar-refractivity contribution is 5.83. The largest absolute Gasteiger partial charge is 0.341 e. The molecule has 1 amide bonds. The fraction of sp³-hybridized carbons (Fsp3) is 0.286. The van der Waals surface area contributed by atoms with Gasteiger partial charge in [0.2, 0.25) is 5.91 Å². The van der Waals surface area contributed by atoms with Gasteiger partial charge in [0.25, 0.3) is 5.56 Å². The molecule has 0 bridgehead atoms. The van der Waals surface area contributed by atoms with Gasteiger partial charge in [0.1, 0.15) is 11.7 Å². The third kappa shape index (κ3) is 4.47. The van der Waals surface area contributed by atoms with Crippen LogP contribution in [0.25, 0.3) is 11.0 Å². The summed E-state index contributed by atoms with van der Waals surface area (Å²) in [5.41, 5.74) is 8.47. The second-order valence-electron chi connectivity index (χ2n) is 9.31. The number of piperidine rings is 1. The predicted molar refractivity (Wildman–Crippen MR) is 139 cm³/mol. The van der Waals surface area contributed by atoms with E-state index in [0.717, 1.165) is 34.2 Å². The van der Waals surface area contributed by atoms with E-state index >= 15 is 0 Å². The molecule has 8 nitrogen and oxygen atoms in total. The van der Waals surface area contributed by atoms with Crippen LogP contribution < -0.4 is 17.0 Å². The van der Waals surface area contributed by atoms with Crippen LogP contribution in [-0.2, 0) is 18.4 Å². The van der Waals surface area contributed by atoms with E-state index in [1.54, 1.807) is 10.6 Å². The molecule has 184 valence electrons. The molecule has 0 saturated carbocycles. The number of pyridine rings is 1. The zero-order valence-electron chi connectivity index (χ0n) is 20.2. The number of amides is 1. The lowest BCUT2D eigenvalue weighted by Gasteiger charge is -2.33. The Labute approximate surface area is 208 Å². The van der Waals surface area contributed by atoms with Crippen LogP contribution >= 0.6 is 0 Å². The molecule has 2 aromatic carbocycles.